The first-order valence-corrected chi connectivity index (χ1v) is 6.12. The van der Waals surface area contributed by atoms with E-state index in [1.807, 2.05) is 18.3 Å². The van der Waals surface area contributed by atoms with Crippen LogP contribution < -0.4 is 5.32 Å². The van der Waals surface area contributed by atoms with Gasteiger partial charge in [-0.1, -0.05) is 19.9 Å². The molecule has 1 aromatic rings. The van der Waals surface area contributed by atoms with Crippen molar-refractivity contribution in [3.05, 3.63) is 30.1 Å². The second kappa shape index (κ2) is 7.36. The van der Waals surface area contributed by atoms with Crippen LogP contribution in [0.5, 0.6) is 0 Å². The largest absolute Gasteiger partial charge is 0.310 e. The van der Waals surface area contributed by atoms with Crippen LogP contribution in [0.1, 0.15) is 26.5 Å². The van der Waals surface area contributed by atoms with E-state index in [4.69, 9.17) is 0 Å². The van der Waals surface area contributed by atoms with Gasteiger partial charge < -0.3 is 5.32 Å². The minimum atomic E-state index is 0.582. The summed E-state index contributed by atoms with van der Waals surface area (Å²) in [5, 5.41) is 3.45. The lowest BCUT2D eigenvalue weighted by Crippen LogP contribution is -2.40. The number of pyridine rings is 1. The highest BCUT2D eigenvalue weighted by molar-refractivity contribution is 5.02. The first-order valence-electron chi connectivity index (χ1n) is 6.12. The zero-order valence-corrected chi connectivity index (χ0v) is 10.6. The molecule has 1 heterocycles. The second-order valence-corrected chi connectivity index (χ2v) is 4.02. The van der Waals surface area contributed by atoms with Gasteiger partial charge in [0.05, 0.1) is 5.69 Å². The van der Waals surface area contributed by atoms with Gasteiger partial charge in [-0.3, -0.25) is 9.88 Å². The number of hydrogen-bond donors (Lipinski definition) is 1. The first kappa shape index (κ1) is 13.1. The number of aromatic nitrogens is 1. The van der Waals surface area contributed by atoms with E-state index in [1.54, 1.807) is 0 Å². The highest BCUT2D eigenvalue weighted by atomic mass is 15.2. The van der Waals surface area contributed by atoms with Crippen molar-refractivity contribution >= 4 is 0 Å². The van der Waals surface area contributed by atoms with Crippen molar-refractivity contribution < 1.29 is 0 Å². The molecule has 1 N–H and O–H groups in total. The molecule has 0 radical (unpaired) electrons. The van der Waals surface area contributed by atoms with Gasteiger partial charge in [0.2, 0.25) is 0 Å². The zero-order valence-electron chi connectivity index (χ0n) is 10.6. The normalized spacial score (nSPS) is 13.0. The van der Waals surface area contributed by atoms with Crippen LogP contribution in [0.2, 0.25) is 0 Å². The Morgan fingerprint density at radius 3 is 2.62 bits per heavy atom. The van der Waals surface area contributed by atoms with Crippen LogP contribution >= 0.6 is 0 Å². The van der Waals surface area contributed by atoms with Crippen LogP contribution in [0.4, 0.5) is 0 Å². The Morgan fingerprint density at radius 1 is 1.31 bits per heavy atom. The van der Waals surface area contributed by atoms with Gasteiger partial charge >= 0.3 is 0 Å². The van der Waals surface area contributed by atoms with Crippen LogP contribution in [0.15, 0.2) is 24.4 Å². The molecule has 0 aromatic carbocycles. The van der Waals surface area contributed by atoms with E-state index in [0.29, 0.717) is 6.04 Å². The Kier molecular flexibility index (Phi) is 6.04. The van der Waals surface area contributed by atoms with E-state index in [-0.39, 0.29) is 0 Å². The summed E-state index contributed by atoms with van der Waals surface area (Å²) >= 11 is 0. The van der Waals surface area contributed by atoms with E-state index in [2.05, 4.69) is 42.0 Å². The van der Waals surface area contributed by atoms with Crippen LogP contribution in [0.25, 0.3) is 0 Å². The number of hydrogen-bond acceptors (Lipinski definition) is 3. The maximum Gasteiger partial charge on any atom is 0.0541 e. The van der Waals surface area contributed by atoms with Gasteiger partial charge in [-0.2, -0.15) is 0 Å². The summed E-state index contributed by atoms with van der Waals surface area (Å²) in [6, 6.07) is 6.60. The summed E-state index contributed by atoms with van der Waals surface area (Å²) < 4.78 is 0. The molecule has 0 aliphatic carbocycles. The van der Waals surface area contributed by atoms with E-state index >= 15 is 0 Å². The Morgan fingerprint density at radius 2 is 2.06 bits per heavy atom. The summed E-state index contributed by atoms with van der Waals surface area (Å²) in [7, 11) is 0. The molecule has 3 nitrogen and oxygen atoms in total. The van der Waals surface area contributed by atoms with Crippen molar-refractivity contribution in [2.24, 2.45) is 0 Å². The average molecular weight is 221 g/mol. The minimum absolute atomic E-state index is 0.582. The fourth-order valence-corrected chi connectivity index (χ4v) is 1.89. The van der Waals surface area contributed by atoms with Gasteiger partial charge in [0.1, 0.15) is 0 Å². The first-order chi connectivity index (χ1) is 7.77. The van der Waals surface area contributed by atoms with Crippen molar-refractivity contribution in [3.63, 3.8) is 0 Å². The van der Waals surface area contributed by atoms with Crippen molar-refractivity contribution in [2.45, 2.75) is 33.4 Å². The fraction of sp³-hybridized carbons (Fsp3) is 0.615. The Bertz CT molecular complexity index is 270. The number of nitrogens with one attached hydrogen (secondary N) is 1. The molecule has 0 amide bonds. The molecule has 1 atom stereocenters. The maximum atomic E-state index is 4.28. The van der Waals surface area contributed by atoms with Crippen LogP contribution in [0.3, 0.4) is 0 Å². The van der Waals surface area contributed by atoms with Gasteiger partial charge in [-0.05, 0) is 32.1 Å². The van der Waals surface area contributed by atoms with Crippen LogP contribution in [0, 0.1) is 0 Å². The molecule has 3 heteroatoms. The molecule has 0 fully saturated rings. The van der Waals surface area contributed by atoms with Gasteiger partial charge in [-0.25, -0.2) is 0 Å². The monoisotopic (exact) mass is 221 g/mol. The van der Waals surface area contributed by atoms with E-state index < -0.39 is 0 Å². The standard InChI is InChI=1S/C13H23N3/c1-4-16(5-2)12(3)10-14-11-13-8-6-7-9-15-13/h6-9,12,14H,4-5,10-11H2,1-3H3. The highest BCUT2D eigenvalue weighted by Crippen LogP contribution is 1.97. The molecule has 0 saturated heterocycles. The predicted octanol–water partition coefficient (Wildman–Crippen LogP) is 1.90. The Hall–Kier alpha value is -0.930. The SMILES string of the molecule is CCN(CC)C(C)CNCc1ccccn1. The van der Waals surface area contributed by atoms with Gasteiger partial charge in [-0.15, -0.1) is 0 Å². The fourth-order valence-electron chi connectivity index (χ4n) is 1.89. The molecule has 1 unspecified atom stereocenters. The lowest BCUT2D eigenvalue weighted by Gasteiger charge is -2.26. The molecule has 0 aliphatic heterocycles. The average Bonchev–Trinajstić information content (AvgIpc) is 2.32. The van der Waals surface area contributed by atoms with E-state index in [1.165, 1.54) is 0 Å². The number of likely N-dealkylation sites (N-methyl/N-ethyl adjacent to an activating group) is 1. The van der Waals surface area contributed by atoms with Crippen molar-refractivity contribution in [3.8, 4) is 0 Å². The maximum absolute atomic E-state index is 4.28. The van der Waals surface area contributed by atoms with E-state index in [9.17, 15) is 0 Å². The molecular formula is C13H23N3. The third-order valence-electron chi connectivity index (χ3n) is 2.91. The molecule has 1 aromatic heterocycles. The number of nitrogens with zero attached hydrogens (tertiary/aromatic N) is 2. The zero-order chi connectivity index (χ0) is 11.8. The third-order valence-corrected chi connectivity index (χ3v) is 2.91. The molecule has 90 valence electrons. The Labute approximate surface area is 98.9 Å². The smallest absolute Gasteiger partial charge is 0.0541 e. The van der Waals surface area contributed by atoms with Gasteiger partial charge in [0.15, 0.2) is 0 Å². The van der Waals surface area contributed by atoms with Crippen LogP contribution in [-0.2, 0) is 6.54 Å². The second-order valence-electron chi connectivity index (χ2n) is 4.02. The summed E-state index contributed by atoms with van der Waals surface area (Å²) in [5.74, 6) is 0. The van der Waals surface area contributed by atoms with Crippen molar-refractivity contribution in [1.82, 2.24) is 15.2 Å². The molecule has 1 rings (SSSR count). The Balaban J connectivity index is 2.25. The third kappa shape index (κ3) is 4.29. The topological polar surface area (TPSA) is 28.2 Å². The molecule has 0 spiro atoms. The lowest BCUT2D eigenvalue weighted by molar-refractivity contribution is 0.225. The summed E-state index contributed by atoms with van der Waals surface area (Å²) in [6.45, 7) is 10.8. The quantitative estimate of drug-likeness (QED) is 0.762. The highest BCUT2D eigenvalue weighted by Gasteiger charge is 2.08. The molecule has 0 saturated carbocycles. The molecule has 16 heavy (non-hydrogen) atoms. The van der Waals surface area contributed by atoms with Gasteiger partial charge in [0, 0.05) is 25.3 Å². The molecular weight excluding hydrogens is 198 g/mol. The summed E-state index contributed by atoms with van der Waals surface area (Å²) in [6.07, 6.45) is 1.84. The number of rotatable bonds is 7. The molecule has 0 aliphatic rings. The predicted molar refractivity (Wildman–Crippen MR) is 68.3 cm³/mol. The molecule has 0 bridgehead atoms. The van der Waals surface area contributed by atoms with Crippen LogP contribution in [-0.4, -0.2) is 35.6 Å². The minimum Gasteiger partial charge on any atom is -0.310 e. The van der Waals surface area contributed by atoms with Gasteiger partial charge in [0.25, 0.3) is 0 Å². The van der Waals surface area contributed by atoms with Crippen molar-refractivity contribution in [2.75, 3.05) is 19.6 Å². The summed E-state index contributed by atoms with van der Waals surface area (Å²) in [4.78, 5) is 6.73. The van der Waals surface area contributed by atoms with Crippen molar-refractivity contribution in [1.29, 1.82) is 0 Å². The lowest BCUT2D eigenvalue weighted by atomic mass is 10.2. The summed E-state index contributed by atoms with van der Waals surface area (Å²) in [5.41, 5.74) is 1.11. The van der Waals surface area contributed by atoms with E-state index in [0.717, 1.165) is 31.9 Å².